The van der Waals surface area contributed by atoms with E-state index in [0.29, 0.717) is 0 Å². The van der Waals surface area contributed by atoms with Gasteiger partial charge in [-0.25, -0.2) is 9.97 Å². The van der Waals surface area contributed by atoms with Crippen LogP contribution in [0, 0.1) is 0 Å². The fraction of sp³-hybridized carbons (Fsp3) is 0. The smallest absolute Gasteiger partial charge is 0.252 e. The second-order valence-electron chi connectivity index (χ2n) is 14.2. The van der Waals surface area contributed by atoms with Gasteiger partial charge in [-0.1, -0.05) is 84.9 Å². The average Bonchev–Trinajstić information content (AvgIpc) is 3.83. The van der Waals surface area contributed by atoms with Gasteiger partial charge in [0, 0.05) is 56.7 Å². The van der Waals surface area contributed by atoms with E-state index in [2.05, 4.69) is 184 Å². The normalized spacial score (nSPS) is 13.0. The minimum Gasteiger partial charge on any atom is -0.311 e. The maximum absolute atomic E-state index is 5.13. The molecule has 0 bridgehead atoms. The minimum atomic E-state index is -0.0509. The molecule has 5 nitrogen and oxygen atoms in total. The Morgan fingerprint density at radius 3 is 1.95 bits per heavy atom. The van der Waals surface area contributed by atoms with Crippen molar-refractivity contribution in [2.75, 3.05) is 9.80 Å². The number of nitrogens with zero attached hydrogens (tertiary/aromatic N) is 5. The van der Waals surface area contributed by atoms with Crippen LogP contribution in [0.25, 0.3) is 48.4 Å². The second kappa shape index (κ2) is 11.8. The van der Waals surface area contributed by atoms with Gasteiger partial charge in [0.2, 0.25) is 0 Å². The zero-order chi connectivity index (χ0) is 36.0. The van der Waals surface area contributed by atoms with E-state index in [1.54, 1.807) is 11.3 Å². The molecule has 2 aliphatic heterocycles. The minimum absolute atomic E-state index is 0.0509. The molecule has 7 aromatic carbocycles. The topological polar surface area (TPSA) is 37.2 Å². The summed E-state index contributed by atoms with van der Waals surface area (Å²) < 4.78 is 3.52. The number of hydrogen-bond donors (Lipinski definition) is 0. The van der Waals surface area contributed by atoms with Crippen LogP contribution in [0.15, 0.2) is 182 Å². The highest BCUT2D eigenvalue weighted by atomic mass is 32.1. The highest BCUT2D eigenvalue weighted by molar-refractivity contribution is 7.21. The van der Waals surface area contributed by atoms with Crippen LogP contribution in [0.3, 0.4) is 0 Å². The van der Waals surface area contributed by atoms with Crippen LogP contribution in [0.1, 0.15) is 0 Å². The Hall–Kier alpha value is -6.96. The number of benzene rings is 7. The molecule has 0 amide bonds. The molecule has 0 spiro atoms. The largest absolute Gasteiger partial charge is 0.311 e. The summed E-state index contributed by atoms with van der Waals surface area (Å²) in [6.45, 7) is -0.0509. The molecule has 3 aromatic heterocycles. The Kier molecular flexibility index (Phi) is 6.53. The molecule has 256 valence electrons. The molecule has 0 unspecified atom stereocenters. The molecule has 0 radical (unpaired) electrons. The van der Waals surface area contributed by atoms with Crippen molar-refractivity contribution in [3.63, 3.8) is 0 Å². The Bertz CT molecular complexity index is 3090. The summed E-state index contributed by atoms with van der Waals surface area (Å²) in [5, 5.41) is 3.43. The van der Waals surface area contributed by atoms with E-state index in [1.165, 1.54) is 54.6 Å². The Morgan fingerprint density at radius 2 is 1.18 bits per heavy atom. The molecule has 0 saturated carbocycles. The Balaban J connectivity index is 1.21. The number of pyridine rings is 1. The van der Waals surface area contributed by atoms with E-state index in [-0.39, 0.29) is 6.71 Å². The lowest BCUT2D eigenvalue weighted by Gasteiger charge is -2.44. The molecule has 0 aliphatic carbocycles. The lowest BCUT2D eigenvalue weighted by Crippen LogP contribution is -2.61. The molecular weight excluding hydrogens is 689 g/mol. The van der Waals surface area contributed by atoms with Crippen molar-refractivity contribution in [2.45, 2.75) is 0 Å². The summed E-state index contributed by atoms with van der Waals surface area (Å²) in [5.74, 6) is 0.905. The Labute approximate surface area is 322 Å². The van der Waals surface area contributed by atoms with E-state index in [9.17, 15) is 0 Å². The summed E-state index contributed by atoms with van der Waals surface area (Å²) in [4.78, 5) is 14.9. The van der Waals surface area contributed by atoms with Gasteiger partial charge < -0.3 is 9.80 Å². The van der Waals surface area contributed by atoms with Crippen LogP contribution >= 0.6 is 11.3 Å². The lowest BCUT2D eigenvalue weighted by atomic mass is 9.33. The highest BCUT2D eigenvalue weighted by Crippen LogP contribution is 2.46. The molecule has 2 aliphatic rings. The number of hydrogen-bond acceptors (Lipinski definition) is 5. The fourth-order valence-corrected chi connectivity index (χ4v) is 9.93. The van der Waals surface area contributed by atoms with E-state index in [4.69, 9.17) is 9.97 Å². The molecule has 12 rings (SSSR count). The highest BCUT2D eigenvalue weighted by Gasteiger charge is 2.43. The van der Waals surface area contributed by atoms with Crippen LogP contribution in [0.5, 0.6) is 0 Å². The van der Waals surface area contributed by atoms with Gasteiger partial charge in [-0.2, -0.15) is 0 Å². The van der Waals surface area contributed by atoms with Crippen molar-refractivity contribution >= 4 is 101 Å². The number of anilines is 6. The summed E-state index contributed by atoms with van der Waals surface area (Å²) in [7, 11) is 0. The molecule has 0 fully saturated rings. The van der Waals surface area contributed by atoms with Crippen molar-refractivity contribution in [2.24, 2.45) is 0 Å². The van der Waals surface area contributed by atoms with E-state index < -0.39 is 0 Å². The zero-order valence-corrected chi connectivity index (χ0v) is 30.4. The standard InChI is InChI=1S/C48H30BN5S/c1-3-14-32(15-4-1)52-40-26-25-31(48-51-38-19-8-10-23-45(38)55-48)28-36(40)49-37-30-43-35(34-18-7-9-20-39(34)54(43)46-24-11-12-27-50-46)29-44(37)53(33-16-5-2-6-17-33)42-22-13-21-41(52)47(42)49/h1-30H. The monoisotopic (exact) mass is 719 g/mol. The van der Waals surface area contributed by atoms with Crippen LogP contribution in [-0.2, 0) is 0 Å². The van der Waals surface area contributed by atoms with Crippen LogP contribution in [0.4, 0.5) is 34.1 Å². The first-order valence-corrected chi connectivity index (χ1v) is 19.4. The number of thiazole rings is 1. The summed E-state index contributed by atoms with van der Waals surface area (Å²) in [6.07, 6.45) is 1.88. The molecular formula is C48H30BN5S. The third-order valence-electron chi connectivity index (χ3n) is 11.2. The quantitative estimate of drug-likeness (QED) is 0.170. The molecule has 10 aromatic rings. The van der Waals surface area contributed by atoms with Gasteiger partial charge in [-0.15, -0.1) is 11.3 Å². The number of para-hydroxylation sites is 4. The molecule has 55 heavy (non-hydrogen) atoms. The van der Waals surface area contributed by atoms with Gasteiger partial charge in [0.15, 0.2) is 0 Å². The maximum Gasteiger partial charge on any atom is 0.252 e. The SMILES string of the molecule is c1ccc(N2c3ccc(-c4nc5ccccc5s4)cc3B3c4cc5c(cc4N(c4ccccc4)c4cccc2c43)c2ccccc2n5-c2ccccn2)cc1. The zero-order valence-electron chi connectivity index (χ0n) is 29.5. The lowest BCUT2D eigenvalue weighted by molar-refractivity contribution is 1.08. The van der Waals surface area contributed by atoms with Gasteiger partial charge in [0.05, 0.1) is 21.3 Å². The predicted molar refractivity (Wildman–Crippen MR) is 231 cm³/mol. The summed E-state index contributed by atoms with van der Waals surface area (Å²) in [6, 6.07) is 63.6. The fourth-order valence-electron chi connectivity index (χ4n) is 8.97. The first-order valence-electron chi connectivity index (χ1n) is 18.6. The van der Waals surface area contributed by atoms with E-state index >= 15 is 0 Å². The van der Waals surface area contributed by atoms with Crippen LogP contribution < -0.4 is 26.2 Å². The first-order chi connectivity index (χ1) is 27.3. The third kappa shape index (κ3) is 4.48. The summed E-state index contributed by atoms with van der Waals surface area (Å²) >= 11 is 1.75. The Morgan fingerprint density at radius 1 is 0.491 bits per heavy atom. The van der Waals surface area contributed by atoms with Gasteiger partial charge in [0.25, 0.3) is 6.71 Å². The van der Waals surface area contributed by atoms with Gasteiger partial charge in [-0.3, -0.25) is 4.57 Å². The van der Waals surface area contributed by atoms with Gasteiger partial charge >= 0.3 is 0 Å². The predicted octanol–water partition coefficient (Wildman–Crippen LogP) is 10.5. The van der Waals surface area contributed by atoms with Gasteiger partial charge in [0.1, 0.15) is 10.8 Å². The number of aromatic nitrogens is 3. The third-order valence-corrected chi connectivity index (χ3v) is 12.3. The van der Waals surface area contributed by atoms with Crippen molar-refractivity contribution in [3.05, 3.63) is 182 Å². The van der Waals surface area contributed by atoms with E-state index in [0.717, 1.165) is 44.3 Å². The average molecular weight is 720 g/mol. The molecule has 0 N–H and O–H groups in total. The summed E-state index contributed by atoms with van der Waals surface area (Å²) in [5.41, 5.74) is 15.2. The number of rotatable bonds is 4. The second-order valence-corrected chi connectivity index (χ2v) is 15.2. The van der Waals surface area contributed by atoms with Crippen molar-refractivity contribution < 1.29 is 0 Å². The van der Waals surface area contributed by atoms with Crippen molar-refractivity contribution in [3.8, 4) is 16.4 Å². The van der Waals surface area contributed by atoms with Crippen LogP contribution in [-0.4, -0.2) is 21.2 Å². The molecule has 0 atom stereocenters. The van der Waals surface area contributed by atoms with Crippen molar-refractivity contribution in [1.82, 2.24) is 14.5 Å². The van der Waals surface area contributed by atoms with Crippen molar-refractivity contribution in [1.29, 1.82) is 0 Å². The van der Waals surface area contributed by atoms with Gasteiger partial charge in [-0.05, 0) is 107 Å². The van der Waals surface area contributed by atoms with E-state index in [1.807, 2.05) is 12.3 Å². The molecule has 7 heteroatoms. The molecule has 0 saturated heterocycles. The van der Waals surface area contributed by atoms with Crippen LogP contribution in [0.2, 0.25) is 0 Å². The number of fused-ring (bicyclic) bond motifs is 8. The first kappa shape index (κ1) is 30.5. The molecule has 5 heterocycles. The maximum atomic E-state index is 5.13.